The molecule has 1 unspecified atom stereocenters. The largest absolute Gasteiger partial charge is 0.279 e. The highest BCUT2D eigenvalue weighted by Gasteiger charge is 2.32. The Morgan fingerprint density at radius 2 is 2.08 bits per heavy atom. The molecule has 3 heteroatoms. The summed E-state index contributed by atoms with van der Waals surface area (Å²) in [6.07, 6.45) is 2.85. The molecule has 0 saturated carbocycles. The zero-order valence-corrected chi connectivity index (χ0v) is 7.54. The lowest BCUT2D eigenvalue weighted by molar-refractivity contribution is -0.258. The van der Waals surface area contributed by atoms with Gasteiger partial charge in [0, 0.05) is 12.3 Å². The van der Waals surface area contributed by atoms with Crippen molar-refractivity contribution in [3.63, 3.8) is 0 Å². The van der Waals surface area contributed by atoms with Crippen molar-refractivity contribution in [1.29, 1.82) is 0 Å². The van der Waals surface area contributed by atoms with Gasteiger partial charge in [-0.05, 0) is 5.56 Å². The summed E-state index contributed by atoms with van der Waals surface area (Å²) in [5.74, 6) is 2.65. The van der Waals surface area contributed by atoms with E-state index in [0.717, 1.165) is 5.56 Å². The van der Waals surface area contributed by atoms with Crippen molar-refractivity contribution in [2.45, 2.75) is 11.5 Å². The zero-order valence-electron chi connectivity index (χ0n) is 6.79. The summed E-state index contributed by atoms with van der Waals surface area (Å²) in [5, 5.41) is -1.01. The van der Waals surface area contributed by atoms with Crippen LogP contribution in [0.1, 0.15) is 5.56 Å². The van der Waals surface area contributed by atoms with Crippen LogP contribution in [-0.4, -0.2) is 5.06 Å². The highest BCUT2D eigenvalue weighted by atomic mass is 35.5. The van der Waals surface area contributed by atoms with Crippen LogP contribution in [0.15, 0.2) is 30.3 Å². The second kappa shape index (κ2) is 3.29. The van der Waals surface area contributed by atoms with Gasteiger partial charge in [0.2, 0.25) is 0 Å². The van der Waals surface area contributed by atoms with Gasteiger partial charge in [0.1, 0.15) is 0 Å². The molecule has 0 aliphatic carbocycles. The van der Waals surface area contributed by atoms with E-state index in [1.165, 1.54) is 0 Å². The summed E-state index contributed by atoms with van der Waals surface area (Å²) in [7, 11) is 0. The molecule has 0 fully saturated rings. The molecule has 0 bridgehead atoms. The second-order valence-electron chi connectivity index (χ2n) is 2.78. The smallest absolute Gasteiger partial charge is 0.256 e. The molecule has 0 saturated heterocycles. The lowest BCUT2D eigenvalue weighted by atomic mass is 10.1. The van der Waals surface area contributed by atoms with E-state index in [4.69, 9.17) is 16.5 Å². The maximum absolute atomic E-state index is 5.98. The zero-order chi connectivity index (χ0) is 9.15. The normalized spacial score (nSPS) is 24.7. The number of hydrogen-bond donors (Lipinski definition) is 0. The average molecular weight is 195 g/mol. The monoisotopic (exact) mass is 194 g/mol. The lowest BCUT2D eigenvalue weighted by Gasteiger charge is -2.13. The molecule has 66 valence electrons. The summed E-state index contributed by atoms with van der Waals surface area (Å²) in [4.78, 5) is 9.23. The number of benzene rings is 1. The number of rotatable bonds is 2. The predicted octanol–water partition coefficient (Wildman–Crippen LogP) is 2.09. The average Bonchev–Trinajstić information content (AvgIpc) is 2.54. The first-order chi connectivity index (χ1) is 6.29. The van der Waals surface area contributed by atoms with Gasteiger partial charge in [-0.1, -0.05) is 41.9 Å². The van der Waals surface area contributed by atoms with Crippen LogP contribution in [0.4, 0.5) is 0 Å². The van der Waals surface area contributed by atoms with Crippen LogP contribution in [0.2, 0.25) is 0 Å². The van der Waals surface area contributed by atoms with Crippen LogP contribution < -0.4 is 0 Å². The van der Waals surface area contributed by atoms with Crippen LogP contribution in [0.5, 0.6) is 0 Å². The van der Waals surface area contributed by atoms with Gasteiger partial charge in [-0.3, -0.25) is 4.89 Å². The van der Waals surface area contributed by atoms with Crippen LogP contribution in [0.25, 0.3) is 0 Å². The first-order valence-electron chi connectivity index (χ1n) is 3.88. The van der Waals surface area contributed by atoms with E-state index in [2.05, 4.69) is 16.9 Å². The Bertz CT molecular complexity index is 352. The molecule has 0 amide bonds. The number of alkyl halides is 1. The first kappa shape index (κ1) is 8.43. The van der Waals surface area contributed by atoms with E-state index in [-0.39, 0.29) is 0 Å². The molecule has 0 radical (unpaired) electrons. The Morgan fingerprint density at radius 3 is 2.69 bits per heavy atom. The fraction of sp³-hybridized carbons (Fsp3) is 0.200. The van der Waals surface area contributed by atoms with Crippen molar-refractivity contribution in [3.05, 3.63) is 35.9 Å². The minimum absolute atomic E-state index is 0.516. The molecule has 13 heavy (non-hydrogen) atoms. The first-order valence-corrected chi connectivity index (χ1v) is 4.26. The van der Waals surface area contributed by atoms with Crippen molar-refractivity contribution in [3.8, 4) is 12.0 Å². The highest BCUT2D eigenvalue weighted by molar-refractivity contribution is 6.25. The Balaban J connectivity index is 2.12. The summed E-state index contributed by atoms with van der Waals surface area (Å²) in [6.45, 7) is 0. The molecule has 1 heterocycles. The molecule has 1 atom stereocenters. The predicted molar refractivity (Wildman–Crippen MR) is 48.7 cm³/mol. The Kier molecular flexibility index (Phi) is 2.13. The molecule has 2 nitrogen and oxygen atoms in total. The topological polar surface area (TPSA) is 18.5 Å². The molecule has 1 aliphatic rings. The molecule has 0 aromatic heterocycles. The summed E-state index contributed by atoms with van der Waals surface area (Å²) in [6, 6.07) is 9.76. The third kappa shape index (κ3) is 1.95. The molecule has 0 N–H and O–H groups in total. The maximum atomic E-state index is 5.98. The Hall–Kier alpha value is -1.17. The molecule has 1 aromatic rings. The van der Waals surface area contributed by atoms with Crippen LogP contribution >= 0.6 is 11.6 Å². The van der Waals surface area contributed by atoms with Crippen molar-refractivity contribution >= 4 is 11.6 Å². The van der Waals surface area contributed by atoms with Gasteiger partial charge >= 0.3 is 0 Å². The van der Waals surface area contributed by atoms with Crippen molar-refractivity contribution < 1.29 is 9.78 Å². The molecule has 1 aliphatic heterocycles. The fourth-order valence-corrected chi connectivity index (χ4v) is 1.36. The molecule has 2 rings (SSSR count). The van der Waals surface area contributed by atoms with Gasteiger partial charge < -0.3 is 0 Å². The minimum Gasteiger partial charge on any atom is -0.279 e. The van der Waals surface area contributed by atoms with Gasteiger partial charge in [-0.25, -0.2) is 0 Å². The van der Waals surface area contributed by atoms with Crippen molar-refractivity contribution in [2.24, 2.45) is 0 Å². The number of halogens is 1. The Morgan fingerprint density at radius 1 is 1.31 bits per heavy atom. The SMILES string of the molecule is ClC1(Cc2ccccc2)C#COO1. The fourth-order valence-electron chi connectivity index (χ4n) is 1.14. The molecule has 1 aromatic carbocycles. The minimum atomic E-state index is -1.01. The third-order valence-electron chi connectivity index (χ3n) is 1.73. The molecular weight excluding hydrogens is 188 g/mol. The summed E-state index contributed by atoms with van der Waals surface area (Å²) < 4.78 is 0. The van der Waals surface area contributed by atoms with E-state index in [0.29, 0.717) is 6.42 Å². The van der Waals surface area contributed by atoms with Crippen LogP contribution in [0.3, 0.4) is 0 Å². The van der Waals surface area contributed by atoms with E-state index in [1.54, 1.807) is 0 Å². The summed E-state index contributed by atoms with van der Waals surface area (Å²) in [5.41, 5.74) is 1.07. The molecule has 0 spiro atoms. The Labute approximate surface area is 81.3 Å². The van der Waals surface area contributed by atoms with Crippen molar-refractivity contribution in [2.75, 3.05) is 0 Å². The number of hydrogen-bond acceptors (Lipinski definition) is 2. The van der Waals surface area contributed by atoms with Gasteiger partial charge in [-0.15, -0.1) is 4.89 Å². The van der Waals surface area contributed by atoms with Crippen molar-refractivity contribution in [1.82, 2.24) is 0 Å². The van der Waals surface area contributed by atoms with Gasteiger partial charge in [-0.2, -0.15) is 0 Å². The maximum Gasteiger partial charge on any atom is 0.256 e. The quantitative estimate of drug-likeness (QED) is 0.408. The third-order valence-corrected chi connectivity index (χ3v) is 2.02. The van der Waals surface area contributed by atoms with Gasteiger partial charge in [0.15, 0.2) is 6.11 Å². The van der Waals surface area contributed by atoms with E-state index < -0.39 is 5.06 Å². The van der Waals surface area contributed by atoms with E-state index >= 15 is 0 Å². The van der Waals surface area contributed by atoms with E-state index in [1.807, 2.05) is 30.3 Å². The molecular formula is C10H7ClO2. The lowest BCUT2D eigenvalue weighted by Crippen LogP contribution is -2.22. The van der Waals surface area contributed by atoms with Gasteiger partial charge in [0.05, 0.1) is 0 Å². The van der Waals surface area contributed by atoms with E-state index in [9.17, 15) is 0 Å². The standard InChI is InChI=1S/C10H7ClO2/c11-10(6-7-12-13-10)8-9-4-2-1-3-5-9/h1-5H,8H2. The van der Waals surface area contributed by atoms with Gasteiger partial charge in [0.25, 0.3) is 5.06 Å². The highest BCUT2D eigenvalue weighted by Crippen LogP contribution is 2.25. The summed E-state index contributed by atoms with van der Waals surface area (Å²) >= 11 is 5.98. The van der Waals surface area contributed by atoms with Crippen LogP contribution in [-0.2, 0) is 16.2 Å². The second-order valence-corrected chi connectivity index (χ2v) is 3.40. The van der Waals surface area contributed by atoms with Crippen LogP contribution in [0, 0.1) is 12.0 Å².